The molecule has 0 bridgehead atoms. The van der Waals surface area contributed by atoms with Gasteiger partial charge in [-0.1, -0.05) is 18.2 Å². The number of furan rings is 1. The smallest absolute Gasteiger partial charge is 0.409 e. The van der Waals surface area contributed by atoms with Crippen molar-refractivity contribution in [3.05, 3.63) is 36.1 Å². The second kappa shape index (κ2) is 8.60. The number of para-hydroxylation sites is 1. The van der Waals surface area contributed by atoms with Gasteiger partial charge in [0.15, 0.2) is 5.96 Å². The predicted octanol–water partition coefficient (Wildman–Crippen LogP) is 2.37. The Kier molecular flexibility index (Phi) is 5.99. The minimum Gasteiger partial charge on any atom is -0.461 e. The first kappa shape index (κ1) is 18.1. The number of likely N-dealkylation sites (tertiary alicyclic amines) is 1. The Morgan fingerprint density at radius 2 is 2.12 bits per heavy atom. The van der Waals surface area contributed by atoms with Crippen molar-refractivity contribution >= 4 is 23.0 Å². The minimum atomic E-state index is -0.253. The number of guanidine groups is 1. The minimum absolute atomic E-state index is 0.253. The van der Waals surface area contributed by atoms with E-state index in [1.165, 1.54) is 7.11 Å². The van der Waals surface area contributed by atoms with Gasteiger partial charge in [0.25, 0.3) is 0 Å². The van der Waals surface area contributed by atoms with Gasteiger partial charge in [-0.2, -0.15) is 0 Å². The molecule has 0 spiro atoms. The van der Waals surface area contributed by atoms with E-state index in [2.05, 4.69) is 27.8 Å². The van der Waals surface area contributed by atoms with Crippen molar-refractivity contribution < 1.29 is 13.9 Å². The third-order valence-electron chi connectivity index (χ3n) is 4.63. The van der Waals surface area contributed by atoms with Gasteiger partial charge >= 0.3 is 6.09 Å². The molecule has 1 amide bonds. The van der Waals surface area contributed by atoms with Crippen LogP contribution >= 0.6 is 0 Å². The molecule has 1 saturated heterocycles. The van der Waals surface area contributed by atoms with Gasteiger partial charge in [-0.3, -0.25) is 4.99 Å². The van der Waals surface area contributed by atoms with Crippen LogP contribution in [0.4, 0.5) is 4.79 Å². The normalized spacial score (nSPS) is 15.9. The first-order valence-electron chi connectivity index (χ1n) is 8.97. The van der Waals surface area contributed by atoms with E-state index in [-0.39, 0.29) is 6.09 Å². The molecule has 26 heavy (non-hydrogen) atoms. The molecule has 1 aliphatic heterocycles. The fourth-order valence-corrected chi connectivity index (χ4v) is 3.19. The molecule has 0 radical (unpaired) electrons. The summed E-state index contributed by atoms with van der Waals surface area (Å²) in [6, 6.07) is 10.4. The molecule has 1 aliphatic rings. The number of nitrogens with one attached hydrogen (secondary N) is 2. The van der Waals surface area contributed by atoms with Crippen LogP contribution in [0.5, 0.6) is 0 Å². The monoisotopic (exact) mass is 358 g/mol. The molecule has 2 N–H and O–H groups in total. The Balaban J connectivity index is 1.43. The van der Waals surface area contributed by atoms with Crippen LogP contribution in [0.3, 0.4) is 0 Å². The number of carbonyl (C=O) groups is 1. The van der Waals surface area contributed by atoms with Crippen LogP contribution in [-0.4, -0.2) is 56.8 Å². The molecule has 0 unspecified atom stereocenters. The lowest BCUT2D eigenvalue weighted by Crippen LogP contribution is -2.50. The van der Waals surface area contributed by atoms with E-state index in [1.54, 1.807) is 11.9 Å². The Labute approximate surface area is 153 Å². The number of rotatable bonds is 4. The largest absolute Gasteiger partial charge is 0.461 e. The van der Waals surface area contributed by atoms with E-state index in [0.29, 0.717) is 19.1 Å². The number of amides is 1. The molecule has 7 nitrogen and oxygen atoms in total. The van der Waals surface area contributed by atoms with E-state index in [4.69, 9.17) is 9.15 Å². The molecule has 7 heteroatoms. The van der Waals surface area contributed by atoms with Gasteiger partial charge in [0.1, 0.15) is 11.3 Å². The summed E-state index contributed by atoms with van der Waals surface area (Å²) in [5, 5.41) is 7.88. The maximum atomic E-state index is 11.5. The molecule has 0 saturated carbocycles. The summed E-state index contributed by atoms with van der Waals surface area (Å²) in [6.45, 7) is 2.13. The number of methoxy groups -OCH3 is 1. The first-order valence-corrected chi connectivity index (χ1v) is 8.97. The third kappa shape index (κ3) is 4.47. The highest BCUT2D eigenvalue weighted by atomic mass is 16.5. The molecular formula is C19H26N4O3. The van der Waals surface area contributed by atoms with Crippen molar-refractivity contribution in [2.75, 3.05) is 33.8 Å². The van der Waals surface area contributed by atoms with Crippen LogP contribution in [0, 0.1) is 0 Å². The maximum Gasteiger partial charge on any atom is 0.409 e. The highest BCUT2D eigenvalue weighted by Gasteiger charge is 2.23. The zero-order valence-corrected chi connectivity index (χ0v) is 15.3. The van der Waals surface area contributed by atoms with Crippen LogP contribution in [0.25, 0.3) is 11.0 Å². The zero-order valence-electron chi connectivity index (χ0n) is 15.3. The average molecular weight is 358 g/mol. The van der Waals surface area contributed by atoms with Crippen molar-refractivity contribution in [3.63, 3.8) is 0 Å². The number of hydrogen-bond donors (Lipinski definition) is 2. The van der Waals surface area contributed by atoms with Crippen molar-refractivity contribution in [2.24, 2.45) is 4.99 Å². The Morgan fingerprint density at radius 1 is 1.35 bits per heavy atom. The summed E-state index contributed by atoms with van der Waals surface area (Å²) < 4.78 is 10.6. The topological polar surface area (TPSA) is 79.1 Å². The lowest BCUT2D eigenvalue weighted by atomic mass is 10.1. The number of benzene rings is 1. The van der Waals surface area contributed by atoms with Crippen LogP contribution in [0.15, 0.2) is 39.7 Å². The zero-order chi connectivity index (χ0) is 18.4. The van der Waals surface area contributed by atoms with Gasteiger partial charge in [0, 0.05) is 44.5 Å². The lowest BCUT2D eigenvalue weighted by molar-refractivity contribution is 0.111. The summed E-state index contributed by atoms with van der Waals surface area (Å²) in [6.07, 6.45) is 2.28. The Morgan fingerprint density at radius 3 is 2.81 bits per heavy atom. The molecule has 140 valence electrons. The standard InChI is InChI=1S/C19H26N4O3/c1-20-18(22-15-8-11-23(12-9-15)19(24)25-2)21-10-7-16-13-14-5-3-4-6-17(14)26-16/h3-6,13,15H,7-12H2,1-2H3,(H2,20,21,22). The van der Waals surface area contributed by atoms with Crippen molar-refractivity contribution in [1.29, 1.82) is 0 Å². The highest BCUT2D eigenvalue weighted by Crippen LogP contribution is 2.18. The molecule has 3 rings (SSSR count). The second-order valence-electron chi connectivity index (χ2n) is 6.38. The van der Waals surface area contributed by atoms with Crippen LogP contribution in [-0.2, 0) is 11.2 Å². The number of aliphatic imine (C=N–C) groups is 1. The van der Waals surface area contributed by atoms with E-state index >= 15 is 0 Å². The number of nitrogens with zero attached hydrogens (tertiary/aromatic N) is 2. The molecule has 1 fully saturated rings. The van der Waals surface area contributed by atoms with E-state index in [1.807, 2.05) is 18.2 Å². The number of ether oxygens (including phenoxy) is 1. The SMILES string of the molecule is CN=C(NCCc1cc2ccccc2o1)NC1CCN(C(=O)OC)CC1. The summed E-state index contributed by atoms with van der Waals surface area (Å²) >= 11 is 0. The maximum absolute atomic E-state index is 11.5. The van der Waals surface area contributed by atoms with Gasteiger partial charge in [0.2, 0.25) is 0 Å². The van der Waals surface area contributed by atoms with Crippen LogP contribution in [0.1, 0.15) is 18.6 Å². The van der Waals surface area contributed by atoms with E-state index in [0.717, 1.165) is 48.5 Å². The Bertz CT molecular complexity index is 730. The fourth-order valence-electron chi connectivity index (χ4n) is 3.19. The molecular weight excluding hydrogens is 332 g/mol. The van der Waals surface area contributed by atoms with Crippen LogP contribution in [0.2, 0.25) is 0 Å². The van der Waals surface area contributed by atoms with E-state index in [9.17, 15) is 4.79 Å². The van der Waals surface area contributed by atoms with E-state index < -0.39 is 0 Å². The van der Waals surface area contributed by atoms with Gasteiger partial charge in [-0.05, 0) is 25.0 Å². The average Bonchev–Trinajstić information content (AvgIpc) is 3.10. The molecule has 1 aromatic heterocycles. The summed E-state index contributed by atoms with van der Waals surface area (Å²) in [7, 11) is 3.18. The fraction of sp³-hybridized carbons (Fsp3) is 0.474. The third-order valence-corrected chi connectivity index (χ3v) is 4.63. The van der Waals surface area contributed by atoms with Gasteiger partial charge in [0.05, 0.1) is 7.11 Å². The van der Waals surface area contributed by atoms with Gasteiger partial charge in [-0.15, -0.1) is 0 Å². The van der Waals surface area contributed by atoms with Crippen molar-refractivity contribution in [3.8, 4) is 0 Å². The highest BCUT2D eigenvalue weighted by molar-refractivity contribution is 5.80. The molecule has 0 atom stereocenters. The second-order valence-corrected chi connectivity index (χ2v) is 6.38. The molecule has 2 aromatic rings. The summed E-state index contributed by atoms with van der Waals surface area (Å²) in [5.74, 6) is 1.73. The van der Waals surface area contributed by atoms with Crippen molar-refractivity contribution in [1.82, 2.24) is 15.5 Å². The van der Waals surface area contributed by atoms with Gasteiger partial charge in [-0.25, -0.2) is 4.79 Å². The predicted molar refractivity (Wildman–Crippen MR) is 101 cm³/mol. The Hall–Kier alpha value is -2.70. The molecule has 1 aromatic carbocycles. The number of fused-ring (bicyclic) bond motifs is 1. The number of hydrogen-bond acceptors (Lipinski definition) is 4. The van der Waals surface area contributed by atoms with Gasteiger partial charge < -0.3 is 24.7 Å². The van der Waals surface area contributed by atoms with Crippen LogP contribution < -0.4 is 10.6 Å². The lowest BCUT2D eigenvalue weighted by Gasteiger charge is -2.32. The quantitative estimate of drug-likeness (QED) is 0.648. The molecule has 0 aliphatic carbocycles. The summed E-state index contributed by atoms with van der Waals surface area (Å²) in [5.41, 5.74) is 0.919. The number of piperidine rings is 1. The molecule has 2 heterocycles. The van der Waals surface area contributed by atoms with Crippen molar-refractivity contribution in [2.45, 2.75) is 25.3 Å². The first-order chi connectivity index (χ1) is 12.7. The number of carbonyl (C=O) groups excluding carboxylic acids is 1. The summed E-state index contributed by atoms with van der Waals surface area (Å²) in [4.78, 5) is 17.5.